The molecule has 1 aliphatic rings. The van der Waals surface area contributed by atoms with Crippen LogP contribution in [0.2, 0.25) is 0 Å². The number of nitrogens with two attached hydrogens (primary N) is 1. The lowest BCUT2D eigenvalue weighted by Crippen LogP contribution is -2.35. The molecule has 25 heavy (non-hydrogen) atoms. The van der Waals surface area contributed by atoms with E-state index in [1.807, 2.05) is 31.2 Å². The van der Waals surface area contributed by atoms with Gasteiger partial charge in [0.25, 0.3) is 5.91 Å². The zero-order valence-corrected chi connectivity index (χ0v) is 14.0. The number of nitrogens with one attached hydrogen (secondary N) is 2. The van der Waals surface area contributed by atoms with Gasteiger partial charge in [-0.15, -0.1) is 0 Å². The predicted molar refractivity (Wildman–Crippen MR) is 96.9 cm³/mol. The zero-order chi connectivity index (χ0) is 18.0. The minimum atomic E-state index is -1.02. The first kappa shape index (κ1) is 16.8. The highest BCUT2D eigenvalue weighted by Crippen LogP contribution is 2.36. The molecule has 0 heterocycles. The summed E-state index contributed by atoms with van der Waals surface area (Å²) < 4.78 is 0. The van der Waals surface area contributed by atoms with Crippen LogP contribution in [-0.4, -0.2) is 23.1 Å². The molecule has 3 rings (SSSR count). The number of para-hydroxylation sites is 2. The van der Waals surface area contributed by atoms with Crippen LogP contribution in [0.4, 0.5) is 16.2 Å². The fourth-order valence-electron chi connectivity index (χ4n) is 3.41. The van der Waals surface area contributed by atoms with Crippen molar-refractivity contribution in [3.63, 3.8) is 0 Å². The van der Waals surface area contributed by atoms with Crippen LogP contribution in [0.3, 0.4) is 0 Å². The summed E-state index contributed by atoms with van der Waals surface area (Å²) in [4.78, 5) is 23.3. The summed E-state index contributed by atoms with van der Waals surface area (Å²) in [6.45, 7) is 1.87. The quantitative estimate of drug-likeness (QED) is 0.642. The number of carboxylic acid groups (broad SMARTS) is 1. The van der Waals surface area contributed by atoms with Crippen molar-refractivity contribution >= 4 is 23.4 Å². The van der Waals surface area contributed by atoms with Gasteiger partial charge >= 0.3 is 6.09 Å². The van der Waals surface area contributed by atoms with E-state index in [4.69, 9.17) is 10.8 Å². The van der Waals surface area contributed by atoms with Crippen LogP contribution in [0.25, 0.3) is 0 Å². The molecule has 2 aromatic carbocycles. The molecule has 2 aromatic rings. The van der Waals surface area contributed by atoms with Crippen molar-refractivity contribution in [1.82, 2.24) is 5.32 Å². The van der Waals surface area contributed by atoms with E-state index in [9.17, 15) is 9.59 Å². The third-order valence-corrected chi connectivity index (χ3v) is 4.69. The van der Waals surface area contributed by atoms with Crippen molar-refractivity contribution < 1.29 is 14.7 Å². The van der Waals surface area contributed by atoms with Crippen molar-refractivity contribution in [1.29, 1.82) is 0 Å². The molecule has 2 unspecified atom stereocenters. The zero-order valence-electron chi connectivity index (χ0n) is 14.0. The van der Waals surface area contributed by atoms with Gasteiger partial charge < -0.3 is 21.5 Å². The Kier molecular flexibility index (Phi) is 4.61. The Bertz CT molecular complexity index is 819. The van der Waals surface area contributed by atoms with Gasteiger partial charge in [0, 0.05) is 17.5 Å². The molecule has 130 valence electrons. The molecule has 6 heteroatoms. The average molecular weight is 339 g/mol. The minimum Gasteiger partial charge on any atom is -0.465 e. The number of hydrogen-bond donors (Lipinski definition) is 4. The number of rotatable bonds is 4. The van der Waals surface area contributed by atoms with Gasteiger partial charge in [-0.25, -0.2) is 4.79 Å². The third kappa shape index (κ3) is 3.57. The molecule has 6 nitrogen and oxygen atoms in total. The Morgan fingerprint density at radius 3 is 2.72 bits per heavy atom. The van der Waals surface area contributed by atoms with Crippen LogP contribution in [-0.2, 0) is 6.42 Å². The number of anilines is 2. The number of fused-ring (bicyclic) bond motifs is 1. The van der Waals surface area contributed by atoms with Gasteiger partial charge in [0.1, 0.15) is 0 Å². The smallest absolute Gasteiger partial charge is 0.404 e. The number of aryl methyl sites for hydroxylation is 1. The molecule has 0 fully saturated rings. The summed E-state index contributed by atoms with van der Waals surface area (Å²) in [6.07, 6.45) is 0.686. The van der Waals surface area contributed by atoms with E-state index in [-0.39, 0.29) is 17.9 Å². The van der Waals surface area contributed by atoms with Crippen molar-refractivity contribution in [2.24, 2.45) is 0 Å². The van der Waals surface area contributed by atoms with E-state index < -0.39 is 6.09 Å². The molecular formula is C19H21N3O3. The van der Waals surface area contributed by atoms with E-state index in [1.54, 1.807) is 18.2 Å². The largest absolute Gasteiger partial charge is 0.465 e. The molecule has 1 aliphatic carbocycles. The molecular weight excluding hydrogens is 318 g/mol. The maximum absolute atomic E-state index is 12.5. The first-order valence-corrected chi connectivity index (χ1v) is 8.24. The third-order valence-electron chi connectivity index (χ3n) is 4.69. The molecule has 2 atom stereocenters. The van der Waals surface area contributed by atoms with E-state index in [2.05, 4.69) is 10.6 Å². The monoisotopic (exact) mass is 339 g/mol. The lowest BCUT2D eigenvalue weighted by atomic mass is 9.93. The summed E-state index contributed by atoms with van der Waals surface area (Å²) >= 11 is 0. The Morgan fingerprint density at radius 2 is 2.00 bits per heavy atom. The maximum Gasteiger partial charge on any atom is 0.404 e. The molecule has 0 aliphatic heterocycles. The number of amides is 2. The topological polar surface area (TPSA) is 104 Å². The first-order chi connectivity index (χ1) is 12.0. The maximum atomic E-state index is 12.5. The molecule has 2 amide bonds. The minimum absolute atomic E-state index is 0.132. The fraction of sp³-hybridized carbons (Fsp3) is 0.263. The highest BCUT2D eigenvalue weighted by molar-refractivity contribution is 6.05. The predicted octanol–water partition coefficient (Wildman–Crippen LogP) is 3.21. The molecule has 5 N–H and O–H groups in total. The summed E-state index contributed by atoms with van der Waals surface area (Å²) in [5.41, 5.74) is 9.74. The van der Waals surface area contributed by atoms with Gasteiger partial charge in [-0.1, -0.05) is 18.2 Å². The van der Waals surface area contributed by atoms with E-state index in [0.29, 0.717) is 16.9 Å². The molecule has 0 saturated heterocycles. The molecule has 0 saturated carbocycles. The summed E-state index contributed by atoms with van der Waals surface area (Å²) in [7, 11) is 0. The van der Waals surface area contributed by atoms with Crippen LogP contribution >= 0.6 is 0 Å². The Morgan fingerprint density at radius 1 is 1.24 bits per heavy atom. The van der Waals surface area contributed by atoms with Crippen LogP contribution in [0.5, 0.6) is 0 Å². The van der Waals surface area contributed by atoms with E-state index >= 15 is 0 Å². The lowest BCUT2D eigenvalue weighted by molar-refractivity contribution is 0.102. The van der Waals surface area contributed by atoms with Gasteiger partial charge in [0.15, 0.2) is 0 Å². The Hall–Kier alpha value is -3.02. The number of nitrogen functional groups attached to an aromatic ring is 1. The fourth-order valence-corrected chi connectivity index (χ4v) is 3.41. The van der Waals surface area contributed by atoms with Crippen LogP contribution in [0.15, 0.2) is 42.5 Å². The molecule has 0 bridgehead atoms. The number of benzene rings is 2. The van der Waals surface area contributed by atoms with Crippen LogP contribution in [0, 0.1) is 0 Å². The summed E-state index contributed by atoms with van der Waals surface area (Å²) in [5.74, 6) is -0.0751. The standard InChI is InChI=1S/C19H21N3O3/c1-11(21-19(24)25)14-8-6-12-10-13(7-9-15(12)14)18(23)22-17-5-3-2-4-16(17)20/h2-5,7,9-11,14,21H,6,8,20H2,1H3,(H,22,23)(H,24,25). The summed E-state index contributed by atoms with van der Waals surface area (Å²) in [5, 5.41) is 14.2. The van der Waals surface area contributed by atoms with Crippen molar-refractivity contribution in [2.75, 3.05) is 11.1 Å². The molecule has 0 spiro atoms. The van der Waals surface area contributed by atoms with Crippen molar-refractivity contribution in [3.05, 3.63) is 59.2 Å². The average Bonchev–Trinajstić information content (AvgIpc) is 2.99. The van der Waals surface area contributed by atoms with Gasteiger partial charge in [-0.3, -0.25) is 4.79 Å². The second-order valence-electron chi connectivity index (χ2n) is 6.34. The first-order valence-electron chi connectivity index (χ1n) is 8.24. The SMILES string of the molecule is CC(NC(=O)O)C1CCc2cc(C(=O)Nc3ccccc3N)ccc21. The number of carbonyl (C=O) groups excluding carboxylic acids is 1. The van der Waals surface area contributed by atoms with Crippen molar-refractivity contribution in [3.8, 4) is 0 Å². The number of hydrogen-bond acceptors (Lipinski definition) is 3. The van der Waals surface area contributed by atoms with Crippen molar-refractivity contribution in [2.45, 2.75) is 31.7 Å². The van der Waals surface area contributed by atoms with E-state index in [1.165, 1.54) is 0 Å². The van der Waals surface area contributed by atoms with E-state index in [0.717, 1.165) is 24.0 Å². The van der Waals surface area contributed by atoms with Gasteiger partial charge in [0.2, 0.25) is 0 Å². The second-order valence-corrected chi connectivity index (χ2v) is 6.34. The Labute approximate surface area is 146 Å². The van der Waals surface area contributed by atoms with Gasteiger partial charge in [-0.2, -0.15) is 0 Å². The second kappa shape index (κ2) is 6.84. The van der Waals surface area contributed by atoms with Gasteiger partial charge in [0.05, 0.1) is 11.4 Å². The molecule has 0 aromatic heterocycles. The Balaban J connectivity index is 1.77. The normalized spacial score (nSPS) is 16.8. The highest BCUT2D eigenvalue weighted by Gasteiger charge is 2.28. The van der Waals surface area contributed by atoms with Gasteiger partial charge in [-0.05, 0) is 55.2 Å². The van der Waals surface area contributed by atoms with Crippen LogP contribution in [0.1, 0.15) is 40.7 Å². The van der Waals surface area contributed by atoms with Crippen LogP contribution < -0.4 is 16.4 Å². The number of carbonyl (C=O) groups is 2. The molecule has 0 radical (unpaired) electrons. The summed E-state index contributed by atoms with van der Waals surface area (Å²) in [6, 6.07) is 12.5. The highest BCUT2D eigenvalue weighted by atomic mass is 16.4. The lowest BCUT2D eigenvalue weighted by Gasteiger charge is -2.20.